The lowest BCUT2D eigenvalue weighted by molar-refractivity contribution is -0.137. The van der Waals surface area contributed by atoms with E-state index in [1.807, 2.05) is 0 Å². The SMILES string of the molecule is FC(F)(F)c1cc(Br)c2n[nH]c(Br)c2c1. The van der Waals surface area contributed by atoms with Gasteiger partial charge >= 0.3 is 6.18 Å². The summed E-state index contributed by atoms with van der Waals surface area (Å²) in [5, 5.41) is 6.82. The summed E-state index contributed by atoms with van der Waals surface area (Å²) < 4.78 is 38.1. The van der Waals surface area contributed by atoms with E-state index < -0.39 is 11.7 Å². The zero-order chi connectivity index (χ0) is 11.2. The lowest BCUT2D eigenvalue weighted by atomic mass is 10.1. The van der Waals surface area contributed by atoms with Gasteiger partial charge in [-0.15, -0.1) is 0 Å². The second kappa shape index (κ2) is 3.48. The molecule has 1 N–H and O–H groups in total. The molecule has 1 aromatic heterocycles. The molecule has 0 aliphatic heterocycles. The number of hydrogen-bond acceptors (Lipinski definition) is 1. The lowest BCUT2D eigenvalue weighted by Gasteiger charge is -2.06. The van der Waals surface area contributed by atoms with Gasteiger partial charge in [-0.1, -0.05) is 0 Å². The Labute approximate surface area is 99.1 Å². The molecule has 0 amide bonds. The number of benzene rings is 1. The molecule has 0 saturated carbocycles. The van der Waals surface area contributed by atoms with E-state index in [1.54, 1.807) is 0 Å². The second-order valence-corrected chi connectivity index (χ2v) is 4.54. The molecule has 15 heavy (non-hydrogen) atoms. The Morgan fingerprint density at radius 3 is 2.47 bits per heavy atom. The molecule has 0 aliphatic rings. The van der Waals surface area contributed by atoms with Crippen molar-refractivity contribution in [1.82, 2.24) is 10.2 Å². The summed E-state index contributed by atoms with van der Waals surface area (Å²) in [6, 6.07) is 2.06. The molecule has 0 unspecified atom stereocenters. The number of H-pyrrole nitrogens is 1. The maximum Gasteiger partial charge on any atom is 0.416 e. The Kier molecular flexibility index (Phi) is 2.54. The summed E-state index contributed by atoms with van der Waals surface area (Å²) in [7, 11) is 0. The first kappa shape index (κ1) is 10.9. The van der Waals surface area contributed by atoms with E-state index in [4.69, 9.17) is 0 Å². The molecule has 2 rings (SSSR count). The third kappa shape index (κ3) is 1.90. The minimum atomic E-state index is -4.35. The third-order valence-corrected chi connectivity index (χ3v) is 3.10. The van der Waals surface area contributed by atoms with E-state index in [0.29, 0.717) is 20.0 Å². The fourth-order valence-corrected chi connectivity index (χ4v) is 2.15. The van der Waals surface area contributed by atoms with Crippen molar-refractivity contribution >= 4 is 42.8 Å². The van der Waals surface area contributed by atoms with Gasteiger partial charge in [0.05, 0.1) is 5.56 Å². The Morgan fingerprint density at radius 1 is 1.20 bits per heavy atom. The molecular weight excluding hydrogens is 341 g/mol. The predicted molar refractivity (Wildman–Crippen MR) is 56.5 cm³/mol. The van der Waals surface area contributed by atoms with Gasteiger partial charge in [0.1, 0.15) is 10.1 Å². The summed E-state index contributed by atoms with van der Waals surface area (Å²) in [5.41, 5.74) is -0.237. The molecular formula is C8H3Br2F3N2. The van der Waals surface area contributed by atoms with Crippen LogP contribution in [0.25, 0.3) is 10.9 Å². The lowest BCUT2D eigenvalue weighted by Crippen LogP contribution is -2.04. The van der Waals surface area contributed by atoms with Crippen LogP contribution in [0.4, 0.5) is 13.2 Å². The molecule has 0 aliphatic carbocycles. The van der Waals surface area contributed by atoms with Crippen molar-refractivity contribution in [3.8, 4) is 0 Å². The Morgan fingerprint density at radius 2 is 1.87 bits per heavy atom. The van der Waals surface area contributed by atoms with Gasteiger partial charge in [-0.25, -0.2) is 0 Å². The van der Waals surface area contributed by atoms with E-state index in [1.165, 1.54) is 0 Å². The average molecular weight is 344 g/mol. The number of alkyl halides is 3. The molecule has 0 saturated heterocycles. The monoisotopic (exact) mass is 342 g/mol. The number of rotatable bonds is 0. The average Bonchev–Trinajstić information content (AvgIpc) is 2.47. The summed E-state index contributed by atoms with van der Waals surface area (Å²) in [5.74, 6) is 0. The van der Waals surface area contributed by atoms with Crippen molar-refractivity contribution in [2.45, 2.75) is 6.18 Å². The van der Waals surface area contributed by atoms with Gasteiger partial charge in [-0.2, -0.15) is 18.3 Å². The van der Waals surface area contributed by atoms with Crippen LogP contribution in [-0.2, 0) is 6.18 Å². The van der Waals surface area contributed by atoms with Crippen molar-refractivity contribution in [1.29, 1.82) is 0 Å². The molecule has 0 atom stereocenters. The number of nitrogens with one attached hydrogen (secondary N) is 1. The van der Waals surface area contributed by atoms with Crippen LogP contribution in [0, 0.1) is 0 Å². The smallest absolute Gasteiger partial charge is 0.270 e. The van der Waals surface area contributed by atoms with Crippen LogP contribution >= 0.6 is 31.9 Å². The molecule has 0 fully saturated rings. The van der Waals surface area contributed by atoms with Crippen molar-refractivity contribution in [3.05, 3.63) is 26.8 Å². The van der Waals surface area contributed by atoms with Gasteiger partial charge in [0.15, 0.2) is 0 Å². The zero-order valence-electron chi connectivity index (χ0n) is 6.99. The molecule has 7 heteroatoms. The standard InChI is InChI=1S/C8H3Br2F3N2/c9-5-2-3(8(11,12)13)1-4-6(5)14-15-7(4)10/h1-2H,(H,14,15). The second-order valence-electron chi connectivity index (χ2n) is 2.89. The van der Waals surface area contributed by atoms with E-state index in [0.717, 1.165) is 12.1 Å². The minimum absolute atomic E-state index is 0.314. The zero-order valence-corrected chi connectivity index (χ0v) is 10.2. The fraction of sp³-hybridized carbons (Fsp3) is 0.125. The third-order valence-electron chi connectivity index (χ3n) is 1.89. The highest BCUT2D eigenvalue weighted by molar-refractivity contribution is 9.11. The van der Waals surface area contributed by atoms with E-state index in [-0.39, 0.29) is 0 Å². The van der Waals surface area contributed by atoms with Gasteiger partial charge in [-0.05, 0) is 44.0 Å². The quantitative estimate of drug-likeness (QED) is 0.766. The Balaban J connectivity index is 2.76. The molecule has 0 spiro atoms. The van der Waals surface area contributed by atoms with Crippen LogP contribution in [0.3, 0.4) is 0 Å². The largest absolute Gasteiger partial charge is 0.416 e. The molecule has 1 aromatic carbocycles. The highest BCUT2D eigenvalue weighted by atomic mass is 79.9. The Hall–Kier alpha value is -0.560. The highest BCUT2D eigenvalue weighted by Crippen LogP contribution is 2.36. The number of nitrogens with zero attached hydrogens (tertiary/aromatic N) is 1. The van der Waals surface area contributed by atoms with Crippen LogP contribution in [0.2, 0.25) is 0 Å². The predicted octanol–water partition coefficient (Wildman–Crippen LogP) is 4.11. The van der Waals surface area contributed by atoms with Crippen LogP contribution in [0.15, 0.2) is 21.2 Å². The van der Waals surface area contributed by atoms with E-state index >= 15 is 0 Å². The van der Waals surface area contributed by atoms with Crippen molar-refractivity contribution in [2.75, 3.05) is 0 Å². The maximum atomic E-state index is 12.5. The normalized spacial score (nSPS) is 12.3. The summed E-state index contributed by atoms with van der Waals surface area (Å²) in [6.45, 7) is 0. The molecule has 0 radical (unpaired) electrons. The molecule has 0 bridgehead atoms. The number of fused-ring (bicyclic) bond motifs is 1. The van der Waals surface area contributed by atoms with E-state index in [9.17, 15) is 13.2 Å². The number of halogens is 5. The highest BCUT2D eigenvalue weighted by Gasteiger charge is 2.31. The van der Waals surface area contributed by atoms with Crippen molar-refractivity contribution in [2.24, 2.45) is 0 Å². The first-order valence-corrected chi connectivity index (χ1v) is 5.38. The fourth-order valence-electron chi connectivity index (χ4n) is 1.21. The van der Waals surface area contributed by atoms with Gasteiger partial charge in [0.25, 0.3) is 0 Å². The Bertz CT molecular complexity index is 518. The van der Waals surface area contributed by atoms with Gasteiger partial charge in [0, 0.05) is 9.86 Å². The summed E-state index contributed by atoms with van der Waals surface area (Å²) in [6.07, 6.45) is -4.35. The molecule has 80 valence electrons. The van der Waals surface area contributed by atoms with Gasteiger partial charge in [-0.3, -0.25) is 5.10 Å². The van der Waals surface area contributed by atoms with Crippen LogP contribution in [0.5, 0.6) is 0 Å². The maximum absolute atomic E-state index is 12.5. The number of aromatic amines is 1. The van der Waals surface area contributed by atoms with Gasteiger partial charge in [0.2, 0.25) is 0 Å². The minimum Gasteiger partial charge on any atom is -0.270 e. The van der Waals surface area contributed by atoms with Gasteiger partial charge < -0.3 is 0 Å². The molecule has 2 nitrogen and oxygen atoms in total. The summed E-state index contributed by atoms with van der Waals surface area (Å²) in [4.78, 5) is 0. The number of hydrogen-bond donors (Lipinski definition) is 1. The number of aromatic nitrogens is 2. The first-order chi connectivity index (χ1) is 6.89. The van der Waals surface area contributed by atoms with Crippen LogP contribution in [-0.4, -0.2) is 10.2 Å². The first-order valence-electron chi connectivity index (χ1n) is 3.80. The molecule has 2 aromatic rings. The topological polar surface area (TPSA) is 28.7 Å². The van der Waals surface area contributed by atoms with Crippen molar-refractivity contribution < 1.29 is 13.2 Å². The van der Waals surface area contributed by atoms with Crippen molar-refractivity contribution in [3.63, 3.8) is 0 Å². The van der Waals surface area contributed by atoms with Crippen LogP contribution in [0.1, 0.15) is 5.56 Å². The molecule has 1 heterocycles. The summed E-state index contributed by atoms with van der Waals surface area (Å²) >= 11 is 6.15. The van der Waals surface area contributed by atoms with E-state index in [2.05, 4.69) is 42.1 Å². The van der Waals surface area contributed by atoms with Crippen LogP contribution < -0.4 is 0 Å².